The van der Waals surface area contributed by atoms with Gasteiger partial charge in [0.1, 0.15) is 11.8 Å². The third-order valence-electron chi connectivity index (χ3n) is 4.68. The summed E-state index contributed by atoms with van der Waals surface area (Å²) in [6, 6.07) is 6.62. The standard InChI is InChI=1S/C21H33N3O4S/c1-13(2)10-16(18(29)12-19(25)22-3)20(26)24-17(21(27)23-4)11-14-6-8-15(28-5)9-7-14/h6-9,13,16-18,29H,10-12H2,1-5H3,(H,22,25)(H,23,27)(H,24,26)/t16?,17-,18?/m0/s1. The van der Waals surface area contributed by atoms with Gasteiger partial charge < -0.3 is 20.7 Å². The molecule has 1 aromatic rings. The molecule has 0 heterocycles. The van der Waals surface area contributed by atoms with Gasteiger partial charge in [0.25, 0.3) is 0 Å². The number of likely N-dealkylation sites (N-methyl/N-ethyl adjacent to an activating group) is 1. The van der Waals surface area contributed by atoms with Gasteiger partial charge in [-0.25, -0.2) is 0 Å². The summed E-state index contributed by atoms with van der Waals surface area (Å²) in [6.45, 7) is 4.02. The molecule has 0 bridgehead atoms. The van der Waals surface area contributed by atoms with Crippen molar-refractivity contribution in [2.24, 2.45) is 11.8 Å². The largest absolute Gasteiger partial charge is 0.497 e. The first kappa shape index (κ1) is 24.8. The highest BCUT2D eigenvalue weighted by Gasteiger charge is 2.31. The van der Waals surface area contributed by atoms with E-state index in [2.05, 4.69) is 28.6 Å². The summed E-state index contributed by atoms with van der Waals surface area (Å²) in [5, 5.41) is 7.58. The minimum Gasteiger partial charge on any atom is -0.497 e. The van der Waals surface area contributed by atoms with Gasteiger partial charge in [-0.05, 0) is 30.0 Å². The van der Waals surface area contributed by atoms with E-state index in [1.165, 1.54) is 7.05 Å². The van der Waals surface area contributed by atoms with Crippen LogP contribution < -0.4 is 20.7 Å². The number of hydrogen-bond donors (Lipinski definition) is 4. The Hall–Kier alpha value is -2.22. The lowest BCUT2D eigenvalue weighted by Gasteiger charge is -2.26. The van der Waals surface area contributed by atoms with Crippen molar-refractivity contribution < 1.29 is 19.1 Å². The number of rotatable bonds is 11. The number of nitrogens with one attached hydrogen (secondary N) is 3. The number of hydrogen-bond acceptors (Lipinski definition) is 5. The highest BCUT2D eigenvalue weighted by molar-refractivity contribution is 7.81. The Morgan fingerprint density at radius 3 is 2.14 bits per heavy atom. The second-order valence-electron chi connectivity index (χ2n) is 7.41. The van der Waals surface area contributed by atoms with Crippen molar-refractivity contribution in [1.82, 2.24) is 16.0 Å². The molecule has 7 nitrogen and oxygen atoms in total. The summed E-state index contributed by atoms with van der Waals surface area (Å²) in [7, 11) is 4.68. The van der Waals surface area contributed by atoms with E-state index >= 15 is 0 Å². The van der Waals surface area contributed by atoms with Crippen LogP contribution in [0.25, 0.3) is 0 Å². The maximum Gasteiger partial charge on any atom is 0.242 e. The average molecular weight is 424 g/mol. The lowest BCUT2D eigenvalue weighted by Crippen LogP contribution is -2.50. The highest BCUT2D eigenvalue weighted by atomic mass is 32.1. The van der Waals surface area contributed by atoms with Crippen molar-refractivity contribution in [1.29, 1.82) is 0 Å². The Labute approximate surface area is 178 Å². The number of thiol groups is 1. The first-order chi connectivity index (χ1) is 13.7. The van der Waals surface area contributed by atoms with Crippen LogP contribution in [0.15, 0.2) is 24.3 Å². The van der Waals surface area contributed by atoms with Crippen LogP contribution in [0, 0.1) is 11.8 Å². The summed E-state index contributed by atoms with van der Waals surface area (Å²) in [5.74, 6) is -0.251. The van der Waals surface area contributed by atoms with E-state index in [0.29, 0.717) is 12.8 Å². The average Bonchev–Trinajstić information content (AvgIpc) is 2.70. The Bertz CT molecular complexity index is 679. The topological polar surface area (TPSA) is 96.5 Å². The van der Waals surface area contributed by atoms with Crippen molar-refractivity contribution in [3.63, 3.8) is 0 Å². The minimum atomic E-state index is -0.726. The van der Waals surface area contributed by atoms with Gasteiger partial charge in [-0.2, -0.15) is 12.6 Å². The summed E-state index contributed by atoms with van der Waals surface area (Å²) >= 11 is 4.51. The molecular weight excluding hydrogens is 390 g/mol. The molecule has 0 radical (unpaired) electrons. The van der Waals surface area contributed by atoms with E-state index in [4.69, 9.17) is 4.74 Å². The molecule has 0 saturated carbocycles. The molecule has 1 rings (SSSR count). The van der Waals surface area contributed by atoms with Crippen molar-refractivity contribution in [2.45, 2.75) is 44.4 Å². The number of methoxy groups -OCH3 is 1. The fourth-order valence-corrected chi connectivity index (χ4v) is 3.46. The molecule has 1 aromatic carbocycles. The number of amides is 3. The molecule has 3 atom stereocenters. The molecule has 0 aliphatic carbocycles. The van der Waals surface area contributed by atoms with Gasteiger partial charge >= 0.3 is 0 Å². The molecule has 2 unspecified atom stereocenters. The molecule has 3 amide bonds. The predicted octanol–water partition coefficient (Wildman–Crippen LogP) is 1.57. The normalized spacial score (nSPS) is 13.9. The van der Waals surface area contributed by atoms with Crippen LogP contribution in [0.2, 0.25) is 0 Å². The number of carbonyl (C=O) groups excluding carboxylic acids is 3. The fraction of sp³-hybridized carbons (Fsp3) is 0.571. The molecule has 0 aromatic heterocycles. The molecule has 3 N–H and O–H groups in total. The molecular formula is C21H33N3O4S. The summed E-state index contributed by atoms with van der Waals surface area (Å²) in [6.07, 6.45) is 1.05. The number of carbonyl (C=O) groups is 3. The first-order valence-electron chi connectivity index (χ1n) is 9.75. The van der Waals surface area contributed by atoms with E-state index in [0.717, 1.165) is 11.3 Å². The zero-order valence-electron chi connectivity index (χ0n) is 17.8. The molecule has 0 fully saturated rings. The van der Waals surface area contributed by atoms with E-state index in [9.17, 15) is 14.4 Å². The van der Waals surface area contributed by atoms with Gasteiger partial charge in [0, 0.05) is 32.2 Å². The molecule has 8 heteroatoms. The van der Waals surface area contributed by atoms with E-state index < -0.39 is 17.2 Å². The van der Waals surface area contributed by atoms with Crippen LogP contribution in [-0.2, 0) is 20.8 Å². The number of benzene rings is 1. The second-order valence-corrected chi connectivity index (χ2v) is 8.07. The zero-order chi connectivity index (χ0) is 22.0. The summed E-state index contributed by atoms with van der Waals surface area (Å²) < 4.78 is 5.15. The van der Waals surface area contributed by atoms with Gasteiger partial charge in [-0.3, -0.25) is 14.4 Å². The molecule has 162 valence electrons. The van der Waals surface area contributed by atoms with Gasteiger partial charge in [0.15, 0.2) is 0 Å². The molecule has 0 saturated heterocycles. The van der Waals surface area contributed by atoms with Crippen LogP contribution in [0.3, 0.4) is 0 Å². The zero-order valence-corrected chi connectivity index (χ0v) is 18.7. The molecule has 0 aliphatic heterocycles. The minimum absolute atomic E-state index is 0.132. The van der Waals surface area contributed by atoms with Crippen molar-refractivity contribution in [2.75, 3.05) is 21.2 Å². The predicted molar refractivity (Wildman–Crippen MR) is 117 cm³/mol. The Morgan fingerprint density at radius 2 is 1.66 bits per heavy atom. The third kappa shape index (κ3) is 8.35. The third-order valence-corrected chi connectivity index (χ3v) is 5.22. The smallest absolute Gasteiger partial charge is 0.242 e. The lowest BCUT2D eigenvalue weighted by molar-refractivity contribution is -0.131. The van der Waals surface area contributed by atoms with E-state index in [-0.39, 0.29) is 30.1 Å². The summed E-state index contributed by atoms with van der Waals surface area (Å²) in [5.41, 5.74) is 0.896. The van der Waals surface area contributed by atoms with Crippen molar-refractivity contribution >= 4 is 30.4 Å². The van der Waals surface area contributed by atoms with Crippen LogP contribution >= 0.6 is 12.6 Å². The van der Waals surface area contributed by atoms with Gasteiger partial charge in [-0.15, -0.1) is 0 Å². The van der Waals surface area contributed by atoms with Gasteiger partial charge in [0.2, 0.25) is 17.7 Å². The Balaban J connectivity index is 2.95. The number of ether oxygens (including phenoxy) is 1. The van der Waals surface area contributed by atoms with Crippen LogP contribution in [0.4, 0.5) is 0 Å². The highest BCUT2D eigenvalue weighted by Crippen LogP contribution is 2.23. The molecule has 0 spiro atoms. The quantitative estimate of drug-likeness (QED) is 0.406. The van der Waals surface area contributed by atoms with Crippen molar-refractivity contribution in [3.8, 4) is 5.75 Å². The Morgan fingerprint density at radius 1 is 1.03 bits per heavy atom. The van der Waals surface area contributed by atoms with Crippen LogP contribution in [0.1, 0.15) is 32.3 Å². The second kappa shape index (κ2) is 12.4. The maximum atomic E-state index is 13.0. The first-order valence-corrected chi connectivity index (χ1v) is 10.3. The molecule has 0 aliphatic rings. The summed E-state index contributed by atoms with van der Waals surface area (Å²) in [4.78, 5) is 37.1. The maximum absolute atomic E-state index is 13.0. The van der Waals surface area contributed by atoms with Gasteiger partial charge in [0.05, 0.1) is 13.0 Å². The lowest BCUT2D eigenvalue weighted by atomic mass is 9.90. The van der Waals surface area contributed by atoms with E-state index in [1.54, 1.807) is 14.2 Å². The van der Waals surface area contributed by atoms with Gasteiger partial charge in [-0.1, -0.05) is 26.0 Å². The Kier molecular flexibility index (Phi) is 10.6. The SMILES string of the molecule is CNC(=O)CC(S)C(CC(C)C)C(=O)N[C@@H](Cc1ccc(OC)cc1)C(=O)NC. The van der Waals surface area contributed by atoms with Crippen LogP contribution in [-0.4, -0.2) is 50.2 Å². The van der Waals surface area contributed by atoms with E-state index in [1.807, 2.05) is 38.1 Å². The molecule has 29 heavy (non-hydrogen) atoms. The van der Waals surface area contributed by atoms with Crippen molar-refractivity contribution in [3.05, 3.63) is 29.8 Å². The van der Waals surface area contributed by atoms with Crippen LogP contribution in [0.5, 0.6) is 5.75 Å². The monoisotopic (exact) mass is 423 g/mol. The fourth-order valence-electron chi connectivity index (χ4n) is 3.04.